The van der Waals surface area contributed by atoms with Crippen molar-refractivity contribution in [3.8, 4) is 0 Å². The number of amides is 2. The van der Waals surface area contributed by atoms with E-state index in [0.29, 0.717) is 58.9 Å². The minimum absolute atomic E-state index is 0.0392. The first-order chi connectivity index (χ1) is 32.1. The van der Waals surface area contributed by atoms with Crippen LogP contribution in [-0.2, 0) is 27.5 Å². The van der Waals surface area contributed by atoms with E-state index in [1.54, 1.807) is 69.0 Å². The zero-order chi connectivity index (χ0) is 52.1. The van der Waals surface area contributed by atoms with Gasteiger partial charge in [0.25, 0.3) is 5.24 Å². The maximum atomic E-state index is 14.1. The monoisotopic (exact) mass is 1100 g/mol. The largest absolute Gasteiger partial charge is 0.419 e. The Morgan fingerprint density at radius 2 is 1.42 bits per heavy atom. The first-order valence-electron chi connectivity index (χ1n) is 21.9. The Morgan fingerprint density at radius 3 is 1.97 bits per heavy atom. The maximum absolute atomic E-state index is 14.1. The molecule has 0 bridgehead atoms. The number of fused-ring (bicyclic) bond motifs is 1. The quantitative estimate of drug-likeness (QED) is 0.0306. The third kappa shape index (κ3) is 17.6. The second-order valence-corrected chi connectivity index (χ2v) is 27.2. The van der Waals surface area contributed by atoms with Gasteiger partial charge in [0, 0.05) is 58.2 Å². The van der Waals surface area contributed by atoms with Gasteiger partial charge in [0.1, 0.15) is 0 Å². The van der Waals surface area contributed by atoms with Crippen molar-refractivity contribution >= 4 is 111 Å². The van der Waals surface area contributed by atoms with Crippen molar-refractivity contribution in [3.05, 3.63) is 70.3 Å². The summed E-state index contributed by atoms with van der Waals surface area (Å²) >= 11 is 12.5. The molecule has 0 fully saturated rings. The van der Waals surface area contributed by atoms with Gasteiger partial charge in [0.05, 0.1) is 23.5 Å². The van der Waals surface area contributed by atoms with E-state index in [-0.39, 0.29) is 48.3 Å². The molecule has 69 heavy (non-hydrogen) atoms. The zero-order valence-electron chi connectivity index (χ0n) is 39.6. The highest BCUT2D eigenvalue weighted by atomic mass is 35.5. The summed E-state index contributed by atoms with van der Waals surface area (Å²) < 4.78 is 59.9. The molecule has 0 saturated heterocycles. The molecule has 0 aliphatic carbocycles. The number of carbonyl (C=O) groups excluding carboxylic acids is 2. The first kappa shape index (κ1) is 60.8. The molecule has 6 atom stereocenters. The highest BCUT2D eigenvalue weighted by Crippen LogP contribution is 2.66. The minimum atomic E-state index is -5.68. The molecule has 6 N–H and O–H groups in total. The van der Waals surface area contributed by atoms with Crippen LogP contribution < -0.4 is 4.90 Å². The van der Waals surface area contributed by atoms with Crippen LogP contribution in [0, 0.1) is 0 Å². The molecule has 2 aromatic carbocycles. The number of allylic oxidation sites excluding steroid dienone is 1. The smallest absolute Gasteiger partial charge is 0.416 e. The second kappa shape index (κ2) is 27.0. The summed E-state index contributed by atoms with van der Waals surface area (Å²) in [5.74, 6) is 0. The number of hydrogen-bond donors (Lipinski definition) is 6. The number of nitrogens with zero attached hydrogens (tertiary/aromatic N) is 6. The van der Waals surface area contributed by atoms with Gasteiger partial charge < -0.3 is 53.3 Å². The molecule has 6 unspecified atom stereocenters. The molecule has 27 heteroatoms. The predicted molar refractivity (Wildman–Crippen MR) is 275 cm³/mol. The number of carbonyl (C=O) groups is 2. The van der Waals surface area contributed by atoms with Gasteiger partial charge in [0.15, 0.2) is 4.73 Å². The molecular formula is C42H64Cl2N6O14P4S. The third-order valence-electron chi connectivity index (χ3n) is 11.1. The van der Waals surface area contributed by atoms with Crippen molar-refractivity contribution in [1.29, 1.82) is 0 Å². The molecule has 3 aromatic rings. The highest BCUT2D eigenvalue weighted by molar-refractivity contribution is 8.23. The number of ether oxygens (including phenoxy) is 1. The molecule has 1 aromatic heterocycles. The van der Waals surface area contributed by atoms with Gasteiger partial charge in [-0.2, -0.15) is 0 Å². The van der Waals surface area contributed by atoms with Crippen LogP contribution >= 0.6 is 65.1 Å². The van der Waals surface area contributed by atoms with E-state index < -0.39 is 70.5 Å². The lowest BCUT2D eigenvalue weighted by atomic mass is 10.0. The zero-order valence-corrected chi connectivity index (χ0v) is 45.5. The topological polar surface area (TPSA) is 280 Å². The summed E-state index contributed by atoms with van der Waals surface area (Å²) in [6, 6.07) is 9.61. The molecule has 0 radical (unpaired) electrons. The van der Waals surface area contributed by atoms with Crippen LogP contribution in [0.5, 0.6) is 0 Å². The van der Waals surface area contributed by atoms with Crippen LogP contribution in [-0.4, -0.2) is 142 Å². The van der Waals surface area contributed by atoms with Crippen LogP contribution in [0.1, 0.15) is 72.8 Å². The van der Waals surface area contributed by atoms with Gasteiger partial charge in [-0.3, -0.25) is 37.9 Å². The average molecular weight is 1100 g/mol. The number of rotatable bonds is 27. The van der Waals surface area contributed by atoms with E-state index >= 15 is 0 Å². The summed E-state index contributed by atoms with van der Waals surface area (Å²) in [4.78, 5) is 105. The SMILES string of the molecule is C=Nc1cc(Cl)ccc1/C(=C\C)N(C(=O)SC(P(C)(=O)O)P(=O)(O)O)C(C)CCCN(CC)CCOP(=O)(O)C(OC(=O)N(c1ccnc2cc(Cl)ccc12)C(C)CCCN(CC)CC)P(=O)(O)O. The number of aliphatic imine (C=N–C) groups is 1. The molecule has 1 heterocycles. The van der Waals surface area contributed by atoms with Crippen LogP contribution in [0.4, 0.5) is 21.0 Å². The number of aromatic nitrogens is 1. The predicted octanol–water partition coefficient (Wildman–Crippen LogP) is 10.1. The van der Waals surface area contributed by atoms with Crippen LogP contribution in [0.3, 0.4) is 0 Å². The van der Waals surface area contributed by atoms with E-state index in [4.69, 9.17) is 32.5 Å². The first-order valence-corrected chi connectivity index (χ1v) is 30.8. The van der Waals surface area contributed by atoms with E-state index in [9.17, 15) is 57.2 Å². The molecular weight excluding hydrogens is 1040 g/mol. The lowest BCUT2D eigenvalue weighted by Crippen LogP contribution is -2.41. The van der Waals surface area contributed by atoms with Crippen LogP contribution in [0.25, 0.3) is 16.6 Å². The minimum Gasteiger partial charge on any atom is -0.419 e. The fourth-order valence-corrected chi connectivity index (χ4v) is 15.2. The number of pyridine rings is 1. The maximum Gasteiger partial charge on any atom is 0.416 e. The summed E-state index contributed by atoms with van der Waals surface area (Å²) in [5, 5.41) is 0.225. The van der Waals surface area contributed by atoms with Gasteiger partial charge in [-0.1, -0.05) is 50.0 Å². The number of likely N-dealkylation sites (N-methyl/N-ethyl adjacent to an activating group) is 1. The molecule has 20 nitrogen and oxygen atoms in total. The number of hydrogen-bond acceptors (Lipinski definition) is 13. The third-order valence-corrected chi connectivity index (χ3v) is 22.0. The lowest BCUT2D eigenvalue weighted by Gasteiger charge is -2.34. The Hall–Kier alpha value is -2.51. The van der Waals surface area contributed by atoms with Crippen molar-refractivity contribution < 1.29 is 66.5 Å². The number of halogens is 2. The van der Waals surface area contributed by atoms with Crippen molar-refractivity contribution in [3.63, 3.8) is 0 Å². The molecule has 0 saturated carbocycles. The molecule has 0 aliphatic rings. The summed E-state index contributed by atoms with van der Waals surface area (Å²) in [7, 11) is -20.9. The molecule has 0 aliphatic heterocycles. The van der Waals surface area contributed by atoms with Gasteiger partial charge >= 0.3 is 34.5 Å². The van der Waals surface area contributed by atoms with Crippen molar-refractivity contribution in [1.82, 2.24) is 19.7 Å². The number of anilines is 1. The Bertz CT molecular complexity index is 2450. The van der Waals surface area contributed by atoms with Gasteiger partial charge in [0.2, 0.25) is 7.37 Å². The summed E-state index contributed by atoms with van der Waals surface area (Å²) in [6.45, 7) is 17.6. The van der Waals surface area contributed by atoms with Crippen LogP contribution in [0.15, 0.2) is 59.7 Å². The normalized spacial score (nSPS) is 16.1. The number of benzene rings is 2. The van der Waals surface area contributed by atoms with Crippen molar-refractivity contribution in [2.24, 2.45) is 4.99 Å². The molecule has 386 valence electrons. The Labute approximate surface area is 417 Å². The Morgan fingerprint density at radius 1 is 0.841 bits per heavy atom. The fourth-order valence-electron chi connectivity index (χ4n) is 7.50. The molecule has 3 rings (SSSR count). The molecule has 2 amide bonds. The second-order valence-electron chi connectivity index (χ2n) is 16.1. The van der Waals surface area contributed by atoms with E-state index in [1.807, 2.05) is 13.8 Å². The highest BCUT2D eigenvalue weighted by Gasteiger charge is 2.50. The Kier molecular flexibility index (Phi) is 23.8. The van der Waals surface area contributed by atoms with Crippen LogP contribution in [0.2, 0.25) is 10.0 Å². The lowest BCUT2D eigenvalue weighted by molar-refractivity contribution is 0.124. The van der Waals surface area contributed by atoms with Crippen molar-refractivity contribution in [2.75, 3.05) is 57.4 Å². The van der Waals surface area contributed by atoms with E-state index in [2.05, 4.69) is 21.6 Å². The molecule has 0 spiro atoms. The summed E-state index contributed by atoms with van der Waals surface area (Å²) in [5.41, 5.74) is -1.28. The van der Waals surface area contributed by atoms with Gasteiger partial charge in [-0.15, -0.1) is 0 Å². The average Bonchev–Trinajstić information content (AvgIpc) is 3.26. The van der Waals surface area contributed by atoms with Gasteiger partial charge in [-0.25, -0.2) is 4.79 Å². The van der Waals surface area contributed by atoms with E-state index in [0.717, 1.165) is 19.8 Å². The number of thioether (sulfide) groups is 1. The standard InChI is InChI=1S/C42H64Cl2N6O14P4S/c1-9-37(33-19-17-31(43)27-35(33)45-7)50(40(52)69-42(65(8,53)54)67(58,59)60)30(6)16-14-24-48(12-4)25-26-63-68(61,62)41(66(55,56)57)64-39(51)49(29(5)15-13-23-47(10-2)11-3)38-21-22-46-36-28-32(44)18-20-34(36)38/h9,17-22,27-30,41-42H,7,10-16,23-26H2,1-6,8H3,(H,53,54)(H,61,62)(H2,55,56,57)(H2,58,59,60)/b37-9+. The fraction of sp³-hybridized carbons (Fsp3) is 0.524. The van der Waals surface area contributed by atoms with E-state index in [1.165, 1.54) is 28.1 Å². The van der Waals surface area contributed by atoms with Gasteiger partial charge in [-0.05, 0) is 140 Å². The Balaban J connectivity index is 1.82. The van der Waals surface area contributed by atoms with Crippen molar-refractivity contribution in [2.45, 2.75) is 89.6 Å². The summed E-state index contributed by atoms with van der Waals surface area (Å²) in [6.07, 6.45) is 3.34.